The second kappa shape index (κ2) is 7.10. The summed E-state index contributed by atoms with van der Waals surface area (Å²) in [5.74, 6) is -0.194. The summed E-state index contributed by atoms with van der Waals surface area (Å²) in [5.41, 5.74) is 5.50. The molecule has 1 atom stereocenters. The Hall–Kier alpha value is -2.26. The molecule has 0 bridgehead atoms. The summed E-state index contributed by atoms with van der Waals surface area (Å²) in [6.45, 7) is 7.96. The average molecular weight is 337 g/mol. The van der Waals surface area contributed by atoms with E-state index in [-0.39, 0.29) is 11.2 Å². The molecule has 1 N–H and O–H groups in total. The van der Waals surface area contributed by atoms with Gasteiger partial charge >= 0.3 is 0 Å². The topological polar surface area (TPSA) is 12.0 Å². The van der Waals surface area contributed by atoms with Crippen LogP contribution in [0, 0.1) is 5.82 Å². The molecule has 0 aliphatic carbocycles. The molecule has 1 aliphatic heterocycles. The number of allylic oxidation sites excluding steroid dienone is 5. The van der Waals surface area contributed by atoms with Gasteiger partial charge in [0.15, 0.2) is 0 Å². The summed E-state index contributed by atoms with van der Waals surface area (Å²) < 4.78 is 13.3. The van der Waals surface area contributed by atoms with E-state index in [2.05, 4.69) is 48.3 Å². The van der Waals surface area contributed by atoms with Gasteiger partial charge in [0.1, 0.15) is 11.2 Å². The number of nitrogens with one attached hydrogen (secondary N) is 1. The van der Waals surface area contributed by atoms with Crippen LogP contribution in [0.3, 0.4) is 0 Å². The summed E-state index contributed by atoms with van der Waals surface area (Å²) >= 11 is 1.64. The summed E-state index contributed by atoms with van der Waals surface area (Å²) in [4.78, 5) is 0.959. The van der Waals surface area contributed by atoms with E-state index < -0.39 is 0 Å². The van der Waals surface area contributed by atoms with Crippen molar-refractivity contribution in [3.8, 4) is 0 Å². The van der Waals surface area contributed by atoms with Crippen molar-refractivity contribution in [2.24, 2.45) is 0 Å². The Morgan fingerprint density at radius 3 is 2.62 bits per heavy atom. The van der Waals surface area contributed by atoms with E-state index in [9.17, 15) is 4.39 Å². The molecular formula is C21H20FNS. The van der Waals surface area contributed by atoms with Crippen molar-refractivity contribution in [3.63, 3.8) is 0 Å². The zero-order valence-electron chi connectivity index (χ0n) is 13.8. The normalized spacial score (nSPS) is 17.0. The third-order valence-corrected chi connectivity index (χ3v) is 4.99. The molecule has 0 amide bonds. The van der Waals surface area contributed by atoms with E-state index in [1.165, 1.54) is 11.6 Å². The number of fused-ring (bicyclic) bond motifs is 1. The first-order valence-corrected chi connectivity index (χ1v) is 8.78. The lowest BCUT2D eigenvalue weighted by Crippen LogP contribution is -2.01. The number of benzene rings is 2. The van der Waals surface area contributed by atoms with Crippen LogP contribution in [0.5, 0.6) is 0 Å². The second-order valence-corrected chi connectivity index (χ2v) is 7.00. The Balaban J connectivity index is 1.82. The quantitative estimate of drug-likeness (QED) is 0.633. The van der Waals surface area contributed by atoms with Crippen molar-refractivity contribution in [2.45, 2.75) is 24.1 Å². The van der Waals surface area contributed by atoms with Gasteiger partial charge in [0.2, 0.25) is 0 Å². The van der Waals surface area contributed by atoms with Crippen molar-refractivity contribution in [1.82, 2.24) is 0 Å². The van der Waals surface area contributed by atoms with Gasteiger partial charge in [-0.05, 0) is 48.7 Å². The van der Waals surface area contributed by atoms with Gasteiger partial charge in [-0.15, -0.1) is 0 Å². The molecule has 1 nitrogen and oxygen atoms in total. The minimum absolute atomic E-state index is 0.117. The Morgan fingerprint density at radius 1 is 1.21 bits per heavy atom. The molecular weight excluding hydrogens is 317 g/mol. The summed E-state index contributed by atoms with van der Waals surface area (Å²) in [5, 5.41) is 3.55. The molecule has 24 heavy (non-hydrogen) atoms. The van der Waals surface area contributed by atoms with Gasteiger partial charge < -0.3 is 5.32 Å². The van der Waals surface area contributed by atoms with E-state index in [0.29, 0.717) is 0 Å². The molecule has 0 radical (unpaired) electrons. The van der Waals surface area contributed by atoms with Crippen molar-refractivity contribution in [1.29, 1.82) is 0 Å². The highest BCUT2D eigenvalue weighted by atomic mass is 32.2. The fourth-order valence-corrected chi connectivity index (χ4v) is 3.85. The monoisotopic (exact) mass is 337 g/mol. The fourth-order valence-electron chi connectivity index (χ4n) is 2.69. The van der Waals surface area contributed by atoms with Crippen LogP contribution in [0.15, 0.2) is 77.7 Å². The van der Waals surface area contributed by atoms with Crippen molar-refractivity contribution in [3.05, 3.63) is 89.8 Å². The standard InChI is InChI=1S/C21H20FNS/c1-4-5-17(12-14(2)3)15-6-8-16(9-7-15)21-23-19-11-10-18(22)13-20(19)24-21/h4-13,21,23H,2H2,1,3H3/b5-4-,17-12+. The lowest BCUT2D eigenvalue weighted by Gasteiger charge is -2.12. The van der Waals surface area contributed by atoms with Gasteiger partial charge in [-0.1, -0.05) is 66.4 Å². The Morgan fingerprint density at radius 2 is 1.96 bits per heavy atom. The van der Waals surface area contributed by atoms with E-state index in [1.807, 2.05) is 19.9 Å². The maximum atomic E-state index is 13.3. The Bertz CT molecular complexity index is 818. The molecule has 0 saturated heterocycles. The number of hydrogen-bond donors (Lipinski definition) is 1. The maximum Gasteiger partial charge on any atom is 0.124 e. The van der Waals surface area contributed by atoms with Crippen molar-refractivity contribution < 1.29 is 4.39 Å². The Labute approximate surface area is 147 Å². The van der Waals surface area contributed by atoms with Gasteiger partial charge in [-0.3, -0.25) is 0 Å². The van der Waals surface area contributed by atoms with Gasteiger partial charge in [-0.2, -0.15) is 0 Å². The van der Waals surface area contributed by atoms with Crippen molar-refractivity contribution >= 4 is 23.0 Å². The van der Waals surface area contributed by atoms with Gasteiger partial charge in [-0.25, -0.2) is 4.39 Å². The van der Waals surface area contributed by atoms with Gasteiger partial charge in [0.25, 0.3) is 0 Å². The first-order valence-electron chi connectivity index (χ1n) is 7.90. The maximum absolute atomic E-state index is 13.3. The van der Waals surface area contributed by atoms with E-state index >= 15 is 0 Å². The van der Waals surface area contributed by atoms with Gasteiger partial charge in [0.05, 0.1) is 0 Å². The third kappa shape index (κ3) is 3.62. The van der Waals surface area contributed by atoms with E-state index in [0.717, 1.165) is 27.3 Å². The highest BCUT2D eigenvalue weighted by Crippen LogP contribution is 2.46. The molecule has 0 fully saturated rings. The highest BCUT2D eigenvalue weighted by molar-refractivity contribution is 8.00. The minimum atomic E-state index is -0.194. The molecule has 2 aromatic carbocycles. The highest BCUT2D eigenvalue weighted by Gasteiger charge is 2.23. The van der Waals surface area contributed by atoms with Crippen LogP contribution in [0.2, 0.25) is 0 Å². The number of hydrogen-bond acceptors (Lipinski definition) is 2. The van der Waals surface area contributed by atoms with Crippen LogP contribution >= 0.6 is 11.8 Å². The van der Waals surface area contributed by atoms with Crippen LogP contribution in [-0.2, 0) is 0 Å². The fraction of sp³-hybridized carbons (Fsp3) is 0.143. The summed E-state index contributed by atoms with van der Waals surface area (Å²) in [6.07, 6.45) is 6.20. The van der Waals surface area contributed by atoms with Crippen molar-refractivity contribution in [2.75, 3.05) is 5.32 Å². The average Bonchev–Trinajstić information content (AvgIpc) is 2.97. The molecule has 3 heteroatoms. The second-order valence-electron chi connectivity index (χ2n) is 5.85. The summed E-state index contributed by atoms with van der Waals surface area (Å²) in [6, 6.07) is 13.4. The molecule has 0 saturated carbocycles. The predicted octanol–water partition coefficient (Wildman–Crippen LogP) is 6.58. The summed E-state index contributed by atoms with van der Waals surface area (Å²) in [7, 11) is 0. The van der Waals surface area contributed by atoms with Crippen LogP contribution < -0.4 is 5.32 Å². The number of rotatable bonds is 4. The molecule has 0 spiro atoms. The molecule has 1 aliphatic rings. The van der Waals surface area contributed by atoms with E-state index in [4.69, 9.17) is 0 Å². The largest absolute Gasteiger partial charge is 0.368 e. The zero-order valence-corrected chi connectivity index (χ0v) is 14.7. The molecule has 0 aromatic heterocycles. The number of anilines is 1. The molecule has 1 heterocycles. The number of thioether (sulfide) groups is 1. The van der Waals surface area contributed by atoms with Crippen LogP contribution in [0.4, 0.5) is 10.1 Å². The van der Waals surface area contributed by atoms with Crippen LogP contribution in [0.25, 0.3) is 5.57 Å². The van der Waals surface area contributed by atoms with Gasteiger partial charge in [0, 0.05) is 10.6 Å². The predicted molar refractivity (Wildman–Crippen MR) is 103 cm³/mol. The number of halogens is 1. The smallest absolute Gasteiger partial charge is 0.124 e. The molecule has 1 unspecified atom stereocenters. The van der Waals surface area contributed by atoms with E-state index in [1.54, 1.807) is 23.9 Å². The van der Waals surface area contributed by atoms with Crippen LogP contribution in [0.1, 0.15) is 30.3 Å². The lowest BCUT2D eigenvalue weighted by molar-refractivity contribution is 0.625. The minimum Gasteiger partial charge on any atom is -0.368 e. The SMILES string of the molecule is C=C(C)/C=C(\C=C/C)c1ccc(C2Nc3ccc(F)cc3S2)cc1. The third-order valence-electron chi connectivity index (χ3n) is 3.77. The molecule has 122 valence electrons. The first kappa shape index (κ1) is 16.6. The molecule has 3 rings (SSSR count). The first-order chi connectivity index (χ1) is 11.6. The lowest BCUT2D eigenvalue weighted by atomic mass is 10.0. The molecule has 2 aromatic rings. The van der Waals surface area contributed by atoms with Crippen LogP contribution in [-0.4, -0.2) is 0 Å². The zero-order chi connectivity index (χ0) is 17.1. The Kier molecular flexibility index (Phi) is 4.91.